The highest BCUT2D eigenvalue weighted by molar-refractivity contribution is 7.99. The van der Waals surface area contributed by atoms with Crippen molar-refractivity contribution in [1.82, 2.24) is 5.32 Å². The molecule has 3 rings (SSSR count). The van der Waals surface area contributed by atoms with Gasteiger partial charge in [-0.25, -0.2) is 0 Å². The summed E-state index contributed by atoms with van der Waals surface area (Å²) in [6, 6.07) is 16.3. The molecule has 3 N–H and O–H groups in total. The molecule has 0 fully saturated rings. The summed E-state index contributed by atoms with van der Waals surface area (Å²) in [5.41, 5.74) is 7.23. The highest BCUT2D eigenvalue weighted by Crippen LogP contribution is 2.47. The van der Waals surface area contributed by atoms with E-state index in [1.54, 1.807) is 11.8 Å². The first-order valence-corrected chi connectivity index (χ1v) is 8.15. The van der Waals surface area contributed by atoms with Crippen molar-refractivity contribution >= 4 is 35.0 Å². The molecule has 2 aromatic rings. The molecule has 0 aromatic heterocycles. The lowest BCUT2D eigenvalue weighted by molar-refractivity contribution is -0.124. The van der Waals surface area contributed by atoms with E-state index in [4.69, 9.17) is 5.73 Å². The third-order valence-electron chi connectivity index (χ3n) is 3.55. The van der Waals surface area contributed by atoms with Gasteiger partial charge in [0.2, 0.25) is 11.8 Å². The molecule has 1 aliphatic heterocycles. The van der Waals surface area contributed by atoms with Crippen molar-refractivity contribution in [3.8, 4) is 0 Å². The van der Waals surface area contributed by atoms with E-state index in [0.717, 1.165) is 11.4 Å². The van der Waals surface area contributed by atoms with Crippen LogP contribution in [0.5, 0.6) is 0 Å². The Kier molecular flexibility index (Phi) is 4.52. The minimum atomic E-state index is -0.539. The summed E-state index contributed by atoms with van der Waals surface area (Å²) in [5.74, 6) is -0.722. The molecule has 23 heavy (non-hydrogen) atoms. The Morgan fingerprint density at radius 3 is 2.13 bits per heavy atom. The van der Waals surface area contributed by atoms with Crippen LogP contribution in [0.25, 0.3) is 0 Å². The quantitative estimate of drug-likeness (QED) is 0.883. The van der Waals surface area contributed by atoms with Crippen LogP contribution in [-0.4, -0.2) is 24.9 Å². The number of nitrogens with two attached hydrogens (primary N) is 1. The Balaban J connectivity index is 1.78. The summed E-state index contributed by atoms with van der Waals surface area (Å²) >= 11 is 1.73. The summed E-state index contributed by atoms with van der Waals surface area (Å²) in [4.78, 5) is 27.1. The van der Waals surface area contributed by atoms with Crippen LogP contribution in [0.2, 0.25) is 0 Å². The van der Waals surface area contributed by atoms with Crippen LogP contribution in [0.1, 0.15) is 6.42 Å². The van der Waals surface area contributed by atoms with Gasteiger partial charge < -0.3 is 16.0 Å². The fourth-order valence-corrected chi connectivity index (χ4v) is 3.61. The monoisotopic (exact) mass is 327 g/mol. The molecule has 0 spiro atoms. The Hall–Kier alpha value is -2.47. The molecular formula is C17H17N3O2S. The van der Waals surface area contributed by atoms with E-state index in [1.807, 2.05) is 24.3 Å². The molecule has 5 nitrogen and oxygen atoms in total. The van der Waals surface area contributed by atoms with Gasteiger partial charge in [-0.1, -0.05) is 36.0 Å². The number of nitrogens with one attached hydrogen (secondary N) is 1. The van der Waals surface area contributed by atoms with E-state index < -0.39 is 5.91 Å². The van der Waals surface area contributed by atoms with Crippen molar-refractivity contribution in [2.45, 2.75) is 16.2 Å². The van der Waals surface area contributed by atoms with E-state index in [9.17, 15) is 9.59 Å². The molecule has 0 radical (unpaired) electrons. The number of amides is 2. The van der Waals surface area contributed by atoms with Gasteiger partial charge in [0.1, 0.15) is 0 Å². The fraction of sp³-hybridized carbons (Fsp3) is 0.176. The Morgan fingerprint density at radius 1 is 1.00 bits per heavy atom. The Bertz CT molecular complexity index is 703. The average Bonchev–Trinajstić information content (AvgIpc) is 2.56. The lowest BCUT2D eigenvalue weighted by Crippen LogP contribution is -2.35. The molecule has 0 unspecified atom stereocenters. The average molecular weight is 327 g/mol. The minimum absolute atomic E-state index is 0.123. The van der Waals surface area contributed by atoms with Crippen LogP contribution in [0.15, 0.2) is 58.3 Å². The highest BCUT2D eigenvalue weighted by atomic mass is 32.2. The number of fused-ring (bicyclic) bond motifs is 2. The zero-order chi connectivity index (χ0) is 16.2. The zero-order valence-electron chi connectivity index (χ0n) is 12.5. The molecule has 0 bridgehead atoms. The van der Waals surface area contributed by atoms with Crippen molar-refractivity contribution in [2.75, 3.05) is 18.0 Å². The lowest BCUT2D eigenvalue weighted by atomic mass is 10.2. The molecule has 2 amide bonds. The predicted octanol–water partition coefficient (Wildman–Crippen LogP) is 2.28. The van der Waals surface area contributed by atoms with Crippen molar-refractivity contribution in [1.29, 1.82) is 0 Å². The first-order valence-electron chi connectivity index (χ1n) is 7.33. The van der Waals surface area contributed by atoms with Crippen LogP contribution in [0.3, 0.4) is 0 Å². The van der Waals surface area contributed by atoms with Gasteiger partial charge >= 0.3 is 0 Å². The van der Waals surface area contributed by atoms with E-state index in [-0.39, 0.29) is 12.5 Å². The molecule has 1 aliphatic rings. The number of para-hydroxylation sites is 2. The predicted molar refractivity (Wildman–Crippen MR) is 90.8 cm³/mol. The lowest BCUT2D eigenvalue weighted by Gasteiger charge is -2.32. The molecule has 0 aliphatic carbocycles. The van der Waals surface area contributed by atoms with Gasteiger partial charge in [-0.2, -0.15) is 0 Å². The van der Waals surface area contributed by atoms with Crippen molar-refractivity contribution in [3.63, 3.8) is 0 Å². The second-order valence-electron chi connectivity index (χ2n) is 5.18. The first-order chi connectivity index (χ1) is 11.1. The molecule has 0 saturated carbocycles. The molecule has 118 valence electrons. The Morgan fingerprint density at radius 2 is 1.57 bits per heavy atom. The number of benzene rings is 2. The topological polar surface area (TPSA) is 75.4 Å². The number of carbonyl (C=O) groups excluding carboxylic acids is 2. The molecule has 0 atom stereocenters. The van der Waals surface area contributed by atoms with Crippen LogP contribution in [0, 0.1) is 0 Å². The summed E-state index contributed by atoms with van der Waals surface area (Å²) in [7, 11) is 0. The standard InChI is InChI=1S/C17H17N3O2S/c18-16(21)11-19-17(22)9-10-20-12-5-1-3-7-14(12)23-15-8-4-2-6-13(15)20/h1-8H,9-11H2,(H2,18,21)(H,19,22). The fourth-order valence-electron chi connectivity index (χ4n) is 2.51. The molecule has 6 heteroatoms. The van der Waals surface area contributed by atoms with Crippen LogP contribution in [0.4, 0.5) is 11.4 Å². The van der Waals surface area contributed by atoms with Gasteiger partial charge in [0.15, 0.2) is 0 Å². The number of hydrogen-bond acceptors (Lipinski definition) is 4. The summed E-state index contributed by atoms with van der Waals surface area (Å²) in [6.45, 7) is 0.418. The maximum absolute atomic E-state index is 11.9. The second-order valence-corrected chi connectivity index (χ2v) is 6.27. The third kappa shape index (κ3) is 3.48. The Labute approximate surface area is 138 Å². The normalized spacial score (nSPS) is 12.3. The third-order valence-corrected chi connectivity index (χ3v) is 4.68. The van der Waals surface area contributed by atoms with E-state index in [1.165, 1.54) is 9.79 Å². The summed E-state index contributed by atoms with van der Waals surface area (Å²) < 4.78 is 0. The highest BCUT2D eigenvalue weighted by Gasteiger charge is 2.23. The van der Waals surface area contributed by atoms with Gasteiger partial charge in [0.25, 0.3) is 0 Å². The summed E-state index contributed by atoms with van der Waals surface area (Å²) in [5, 5.41) is 2.52. The maximum atomic E-state index is 11.9. The molecule has 1 heterocycles. The SMILES string of the molecule is NC(=O)CNC(=O)CCN1c2ccccc2Sc2ccccc21. The zero-order valence-corrected chi connectivity index (χ0v) is 13.3. The maximum Gasteiger partial charge on any atom is 0.236 e. The first kappa shape index (κ1) is 15.4. The van der Waals surface area contributed by atoms with Crippen LogP contribution < -0.4 is 16.0 Å². The smallest absolute Gasteiger partial charge is 0.236 e. The number of rotatable bonds is 5. The van der Waals surface area contributed by atoms with E-state index in [0.29, 0.717) is 13.0 Å². The number of carbonyl (C=O) groups is 2. The van der Waals surface area contributed by atoms with Crippen molar-refractivity contribution in [2.24, 2.45) is 5.73 Å². The van der Waals surface area contributed by atoms with Gasteiger partial charge in [-0.05, 0) is 24.3 Å². The second kappa shape index (κ2) is 6.75. The van der Waals surface area contributed by atoms with Gasteiger partial charge in [-0.3, -0.25) is 9.59 Å². The van der Waals surface area contributed by atoms with E-state index >= 15 is 0 Å². The number of hydrogen-bond donors (Lipinski definition) is 2. The van der Waals surface area contributed by atoms with Crippen molar-refractivity contribution in [3.05, 3.63) is 48.5 Å². The molecular weight excluding hydrogens is 310 g/mol. The largest absolute Gasteiger partial charge is 0.368 e. The van der Waals surface area contributed by atoms with Gasteiger partial charge in [0, 0.05) is 22.8 Å². The van der Waals surface area contributed by atoms with Gasteiger partial charge in [0.05, 0.1) is 17.9 Å². The number of primary amides is 1. The van der Waals surface area contributed by atoms with Gasteiger partial charge in [-0.15, -0.1) is 0 Å². The minimum Gasteiger partial charge on any atom is -0.368 e. The summed E-state index contributed by atoms with van der Waals surface area (Å²) in [6.07, 6.45) is 0.292. The van der Waals surface area contributed by atoms with Crippen molar-refractivity contribution < 1.29 is 9.59 Å². The van der Waals surface area contributed by atoms with E-state index in [2.05, 4.69) is 34.5 Å². The number of nitrogens with zero attached hydrogens (tertiary/aromatic N) is 1. The number of anilines is 2. The van der Waals surface area contributed by atoms with Crippen LogP contribution >= 0.6 is 11.8 Å². The molecule has 2 aromatic carbocycles. The molecule has 0 saturated heterocycles. The van der Waals surface area contributed by atoms with Crippen LogP contribution in [-0.2, 0) is 9.59 Å².